The maximum Gasteiger partial charge on any atom is 0.354 e. The van der Waals surface area contributed by atoms with Crippen LogP contribution in [0.2, 0.25) is 5.02 Å². The van der Waals surface area contributed by atoms with Crippen molar-refractivity contribution in [1.29, 1.82) is 0 Å². The van der Waals surface area contributed by atoms with Crippen molar-refractivity contribution < 1.29 is 23.5 Å². The van der Waals surface area contributed by atoms with Gasteiger partial charge in [0.25, 0.3) is 5.91 Å². The second-order valence-corrected chi connectivity index (χ2v) is 10.3. The average Bonchev–Trinajstić information content (AvgIpc) is 3.20. The number of aromatic nitrogens is 1. The van der Waals surface area contributed by atoms with Crippen LogP contribution in [0.25, 0.3) is 22.0 Å². The van der Waals surface area contributed by atoms with E-state index in [2.05, 4.69) is 19.2 Å². The third kappa shape index (κ3) is 5.46. The Morgan fingerprint density at radius 1 is 0.900 bits per heavy atom. The maximum absolute atomic E-state index is 14.0. The molecule has 0 saturated carbocycles. The van der Waals surface area contributed by atoms with Crippen LogP contribution in [0.4, 0.5) is 14.5 Å². The number of nitrogens with one attached hydrogen (secondary N) is 1. The molecule has 5 nitrogen and oxygen atoms in total. The Morgan fingerprint density at radius 3 is 2.23 bits per heavy atom. The number of fused-ring (bicyclic) bond motifs is 1. The van der Waals surface area contributed by atoms with Crippen LogP contribution in [0, 0.1) is 11.6 Å². The Bertz CT molecular complexity index is 1740. The normalized spacial score (nSPS) is 11.2. The summed E-state index contributed by atoms with van der Waals surface area (Å²) < 4.78 is 29.5. The predicted molar refractivity (Wildman–Crippen MR) is 153 cm³/mol. The predicted octanol–water partition coefficient (Wildman–Crippen LogP) is 8.36. The molecule has 0 saturated heterocycles. The molecular weight excluding hydrogens is 534 g/mol. The van der Waals surface area contributed by atoms with E-state index in [-0.39, 0.29) is 17.9 Å². The van der Waals surface area contributed by atoms with Crippen molar-refractivity contribution in [3.8, 4) is 11.1 Å². The van der Waals surface area contributed by atoms with Crippen molar-refractivity contribution in [3.05, 3.63) is 124 Å². The van der Waals surface area contributed by atoms with Gasteiger partial charge in [-0.25, -0.2) is 13.6 Å². The van der Waals surface area contributed by atoms with Gasteiger partial charge in [-0.3, -0.25) is 4.79 Å². The number of carbonyl (C=O) groups excluding carboxylic acids is 1. The van der Waals surface area contributed by atoms with Gasteiger partial charge in [0.1, 0.15) is 11.6 Å². The van der Waals surface area contributed by atoms with Crippen LogP contribution in [0.15, 0.2) is 84.9 Å². The molecule has 40 heavy (non-hydrogen) atoms. The SMILES string of the molecule is CC(C)c1ccc(C(=O)Nc2c(C(=O)O)n(Cc3cccc(Cl)c3)c3cc(-c4cc(F)cc(F)c4)ccc23)cc1. The summed E-state index contributed by atoms with van der Waals surface area (Å²) in [5.41, 5.74) is 3.41. The van der Waals surface area contributed by atoms with Crippen LogP contribution < -0.4 is 5.32 Å². The van der Waals surface area contributed by atoms with Crippen LogP contribution in [0.3, 0.4) is 0 Å². The van der Waals surface area contributed by atoms with Gasteiger partial charge in [0.05, 0.1) is 11.2 Å². The van der Waals surface area contributed by atoms with Gasteiger partial charge in [0.2, 0.25) is 0 Å². The molecule has 5 rings (SSSR count). The van der Waals surface area contributed by atoms with Gasteiger partial charge >= 0.3 is 5.97 Å². The Balaban J connectivity index is 1.67. The van der Waals surface area contributed by atoms with Crippen LogP contribution in [0.5, 0.6) is 0 Å². The van der Waals surface area contributed by atoms with Gasteiger partial charge in [0.15, 0.2) is 5.69 Å². The summed E-state index contributed by atoms with van der Waals surface area (Å²) in [6.45, 7) is 4.23. The fourth-order valence-corrected chi connectivity index (χ4v) is 5.00. The van der Waals surface area contributed by atoms with E-state index < -0.39 is 23.5 Å². The summed E-state index contributed by atoms with van der Waals surface area (Å²) >= 11 is 6.19. The van der Waals surface area contributed by atoms with Gasteiger partial charge in [-0.05, 0) is 70.6 Å². The number of benzene rings is 4. The highest BCUT2D eigenvalue weighted by Crippen LogP contribution is 2.36. The number of carbonyl (C=O) groups is 2. The Labute approximate surface area is 234 Å². The van der Waals surface area contributed by atoms with Gasteiger partial charge < -0.3 is 15.0 Å². The Hall–Kier alpha value is -4.49. The van der Waals surface area contributed by atoms with Gasteiger partial charge in [-0.1, -0.05) is 61.8 Å². The first-order chi connectivity index (χ1) is 19.1. The van der Waals surface area contributed by atoms with Crippen molar-refractivity contribution in [3.63, 3.8) is 0 Å². The molecule has 5 aromatic rings. The number of nitrogens with zero attached hydrogens (tertiary/aromatic N) is 1. The highest BCUT2D eigenvalue weighted by Gasteiger charge is 2.25. The molecule has 0 unspecified atom stereocenters. The monoisotopic (exact) mass is 558 g/mol. The van der Waals surface area contributed by atoms with E-state index in [1.807, 2.05) is 18.2 Å². The maximum atomic E-state index is 14.0. The molecule has 1 heterocycles. The number of carboxylic acid groups (broad SMARTS) is 1. The standard InChI is InChI=1S/C32H25ClF2N2O3/c1-18(2)20-6-8-21(9-7-20)31(38)36-29-27-11-10-22(23-13-25(34)16-26(35)14-23)15-28(27)37(30(29)32(39)40)17-19-4-3-5-24(33)12-19/h3-16,18H,17H2,1-2H3,(H,36,38)(H,39,40). The number of halogens is 3. The van der Waals surface area contributed by atoms with Crippen molar-refractivity contribution in [2.75, 3.05) is 5.32 Å². The molecule has 2 N–H and O–H groups in total. The van der Waals surface area contributed by atoms with Crippen molar-refractivity contribution >= 4 is 40.1 Å². The molecule has 0 aliphatic carbocycles. The number of rotatable bonds is 7. The highest BCUT2D eigenvalue weighted by molar-refractivity contribution is 6.30. The van der Waals surface area contributed by atoms with Crippen LogP contribution >= 0.6 is 11.6 Å². The summed E-state index contributed by atoms with van der Waals surface area (Å²) in [6.07, 6.45) is 0. The van der Waals surface area contributed by atoms with E-state index in [0.29, 0.717) is 38.5 Å². The second kappa shape index (κ2) is 10.9. The van der Waals surface area contributed by atoms with Gasteiger partial charge in [0, 0.05) is 28.6 Å². The molecule has 4 aromatic carbocycles. The molecule has 0 fully saturated rings. The van der Waals surface area contributed by atoms with Crippen molar-refractivity contribution in [2.24, 2.45) is 0 Å². The van der Waals surface area contributed by atoms with E-state index >= 15 is 0 Å². The first kappa shape index (κ1) is 27.1. The number of carboxylic acids is 1. The third-order valence-electron chi connectivity index (χ3n) is 6.77. The molecule has 8 heteroatoms. The van der Waals surface area contributed by atoms with E-state index in [0.717, 1.165) is 17.2 Å². The highest BCUT2D eigenvalue weighted by atomic mass is 35.5. The Morgan fingerprint density at radius 2 is 1.60 bits per heavy atom. The summed E-state index contributed by atoms with van der Waals surface area (Å²) in [5, 5.41) is 14.1. The van der Waals surface area contributed by atoms with E-state index in [9.17, 15) is 23.5 Å². The van der Waals surface area contributed by atoms with Crippen molar-refractivity contribution in [2.45, 2.75) is 26.3 Å². The van der Waals surface area contributed by atoms with Crippen molar-refractivity contribution in [1.82, 2.24) is 4.57 Å². The summed E-state index contributed by atoms with van der Waals surface area (Å²) in [7, 11) is 0. The number of hydrogen-bond acceptors (Lipinski definition) is 2. The molecule has 0 bridgehead atoms. The first-order valence-corrected chi connectivity index (χ1v) is 13.0. The van der Waals surface area contributed by atoms with Gasteiger partial charge in [-0.15, -0.1) is 0 Å². The minimum atomic E-state index is -1.25. The summed E-state index contributed by atoms with van der Waals surface area (Å²) in [4.78, 5) is 25.9. The number of aromatic carboxylic acids is 1. The lowest BCUT2D eigenvalue weighted by Gasteiger charge is -2.11. The number of amides is 1. The van der Waals surface area contributed by atoms with E-state index in [1.54, 1.807) is 53.1 Å². The first-order valence-electron chi connectivity index (χ1n) is 12.6. The van der Waals surface area contributed by atoms with Gasteiger partial charge in [-0.2, -0.15) is 0 Å². The molecule has 202 valence electrons. The molecule has 0 radical (unpaired) electrons. The Kier molecular flexibility index (Phi) is 7.41. The zero-order valence-corrected chi connectivity index (χ0v) is 22.5. The van der Waals surface area contributed by atoms with Crippen LogP contribution in [-0.2, 0) is 6.54 Å². The molecule has 1 amide bonds. The molecule has 0 spiro atoms. The lowest BCUT2D eigenvalue weighted by Crippen LogP contribution is -2.16. The zero-order chi connectivity index (χ0) is 28.6. The molecule has 0 atom stereocenters. The minimum absolute atomic E-state index is 0.124. The quantitative estimate of drug-likeness (QED) is 0.211. The molecule has 0 aliphatic heterocycles. The minimum Gasteiger partial charge on any atom is -0.477 e. The summed E-state index contributed by atoms with van der Waals surface area (Å²) in [6, 6.07) is 22.3. The van der Waals surface area contributed by atoms with E-state index in [1.165, 1.54) is 12.1 Å². The molecular formula is C32H25ClF2N2O3. The fraction of sp³-hybridized carbons (Fsp3) is 0.125. The van der Waals surface area contributed by atoms with Crippen LogP contribution in [0.1, 0.15) is 51.7 Å². The largest absolute Gasteiger partial charge is 0.477 e. The second-order valence-electron chi connectivity index (χ2n) is 9.87. The number of hydrogen-bond donors (Lipinski definition) is 2. The zero-order valence-electron chi connectivity index (χ0n) is 21.7. The topological polar surface area (TPSA) is 71.3 Å². The van der Waals surface area contributed by atoms with E-state index in [4.69, 9.17) is 11.6 Å². The lowest BCUT2D eigenvalue weighted by atomic mass is 10.0. The molecule has 0 aliphatic rings. The summed E-state index contributed by atoms with van der Waals surface area (Å²) in [5.74, 6) is -2.88. The third-order valence-corrected chi connectivity index (χ3v) is 7.01. The average molecular weight is 559 g/mol. The lowest BCUT2D eigenvalue weighted by molar-refractivity contribution is 0.0687. The fourth-order valence-electron chi connectivity index (χ4n) is 4.79. The smallest absolute Gasteiger partial charge is 0.354 e. The van der Waals surface area contributed by atoms with Crippen LogP contribution in [-0.4, -0.2) is 21.6 Å². The molecule has 1 aromatic heterocycles. The number of anilines is 1.